The summed E-state index contributed by atoms with van der Waals surface area (Å²) in [5, 5.41) is 8.97. The van der Waals surface area contributed by atoms with Crippen LogP contribution < -0.4 is 0 Å². The molecule has 1 rings (SSSR count). The zero-order valence-corrected chi connectivity index (χ0v) is 13.5. The molecule has 0 amide bonds. The molecule has 4 heteroatoms. The molecule has 0 saturated carbocycles. The molecule has 0 fully saturated rings. The van der Waals surface area contributed by atoms with Gasteiger partial charge in [0.15, 0.2) is 5.78 Å². The number of carbonyl (C=O) groups is 2. The summed E-state index contributed by atoms with van der Waals surface area (Å²) in [6, 6.07) is 7.49. The van der Waals surface area contributed by atoms with Crippen molar-refractivity contribution >= 4 is 11.8 Å². The number of benzene rings is 1. The molecule has 0 radical (unpaired) electrons. The van der Waals surface area contributed by atoms with Crippen molar-refractivity contribution in [2.24, 2.45) is 5.92 Å². The van der Waals surface area contributed by atoms with Crippen LogP contribution in [0.2, 0.25) is 0 Å². The van der Waals surface area contributed by atoms with Crippen molar-refractivity contribution in [3.63, 3.8) is 0 Å². The van der Waals surface area contributed by atoms with Crippen LogP contribution in [0.4, 0.5) is 0 Å². The van der Waals surface area contributed by atoms with Crippen LogP contribution in [0.25, 0.3) is 0 Å². The van der Waals surface area contributed by atoms with Crippen molar-refractivity contribution in [2.45, 2.75) is 32.6 Å². The zero-order chi connectivity index (χ0) is 16.2. The Labute approximate surface area is 126 Å². The van der Waals surface area contributed by atoms with E-state index in [1.807, 2.05) is 31.1 Å². The Kier molecular flexibility index (Phi) is 5.67. The molecule has 4 nitrogen and oxygen atoms in total. The second kappa shape index (κ2) is 6.85. The first-order valence-electron chi connectivity index (χ1n) is 7.12. The monoisotopic (exact) mass is 291 g/mol. The summed E-state index contributed by atoms with van der Waals surface area (Å²) in [6.45, 7) is 6.78. The minimum Gasteiger partial charge on any atom is -0.481 e. The van der Waals surface area contributed by atoms with Gasteiger partial charge in [0.05, 0.1) is 6.42 Å². The highest BCUT2D eigenvalue weighted by atomic mass is 16.4. The van der Waals surface area contributed by atoms with Gasteiger partial charge in [-0.3, -0.25) is 9.59 Å². The van der Waals surface area contributed by atoms with Crippen molar-refractivity contribution < 1.29 is 14.7 Å². The van der Waals surface area contributed by atoms with Crippen LogP contribution in [0.3, 0.4) is 0 Å². The molecule has 0 spiro atoms. The van der Waals surface area contributed by atoms with Gasteiger partial charge in [-0.15, -0.1) is 0 Å². The second-order valence-corrected chi connectivity index (χ2v) is 6.75. The fourth-order valence-corrected chi connectivity index (χ4v) is 2.26. The van der Waals surface area contributed by atoms with Crippen LogP contribution in [0.1, 0.15) is 43.1 Å². The van der Waals surface area contributed by atoms with Crippen molar-refractivity contribution in [1.82, 2.24) is 4.90 Å². The van der Waals surface area contributed by atoms with Crippen LogP contribution in [-0.4, -0.2) is 42.4 Å². The van der Waals surface area contributed by atoms with E-state index in [0.29, 0.717) is 12.1 Å². The molecule has 0 bridgehead atoms. The summed E-state index contributed by atoms with van der Waals surface area (Å²) in [4.78, 5) is 25.3. The van der Waals surface area contributed by atoms with E-state index in [0.717, 1.165) is 5.56 Å². The molecule has 1 aromatic carbocycles. The van der Waals surface area contributed by atoms with Crippen LogP contribution in [-0.2, 0) is 10.2 Å². The van der Waals surface area contributed by atoms with Crippen molar-refractivity contribution in [3.05, 3.63) is 35.4 Å². The first kappa shape index (κ1) is 17.4. The molecule has 1 atom stereocenters. The molecule has 0 heterocycles. The standard InChI is InChI=1S/C17H25NO3/c1-17(2,3)14-8-6-12(7-9-14)16(21)13(10-15(19)20)11-18(4)5/h6-9,13H,10-11H2,1-5H3,(H,19,20). The Morgan fingerprint density at radius 1 is 1.14 bits per heavy atom. The van der Waals surface area contributed by atoms with Gasteiger partial charge < -0.3 is 10.0 Å². The maximum atomic E-state index is 12.5. The lowest BCUT2D eigenvalue weighted by Gasteiger charge is -2.21. The van der Waals surface area contributed by atoms with Gasteiger partial charge in [0.25, 0.3) is 0 Å². The van der Waals surface area contributed by atoms with Gasteiger partial charge in [0, 0.05) is 18.0 Å². The van der Waals surface area contributed by atoms with Gasteiger partial charge in [-0.05, 0) is 25.1 Å². The second-order valence-electron chi connectivity index (χ2n) is 6.75. The van der Waals surface area contributed by atoms with Gasteiger partial charge in [-0.25, -0.2) is 0 Å². The van der Waals surface area contributed by atoms with E-state index in [4.69, 9.17) is 5.11 Å². The van der Waals surface area contributed by atoms with E-state index < -0.39 is 11.9 Å². The van der Waals surface area contributed by atoms with Crippen molar-refractivity contribution in [3.8, 4) is 0 Å². The van der Waals surface area contributed by atoms with E-state index >= 15 is 0 Å². The fourth-order valence-electron chi connectivity index (χ4n) is 2.26. The number of carboxylic acid groups (broad SMARTS) is 1. The zero-order valence-electron chi connectivity index (χ0n) is 13.5. The SMILES string of the molecule is CN(C)CC(CC(=O)O)C(=O)c1ccc(C(C)(C)C)cc1. The normalized spacial score (nSPS) is 13.2. The largest absolute Gasteiger partial charge is 0.481 e. The number of carboxylic acids is 1. The van der Waals surface area contributed by atoms with Gasteiger partial charge in [-0.2, -0.15) is 0 Å². The summed E-state index contributed by atoms with van der Waals surface area (Å²) in [5.74, 6) is -1.56. The predicted molar refractivity (Wildman–Crippen MR) is 83.8 cm³/mol. The van der Waals surface area contributed by atoms with E-state index in [1.165, 1.54) is 0 Å². The molecule has 0 aliphatic carbocycles. The number of aliphatic carboxylic acids is 1. The molecule has 0 aromatic heterocycles. The number of carbonyl (C=O) groups excluding carboxylic acids is 1. The maximum absolute atomic E-state index is 12.5. The lowest BCUT2D eigenvalue weighted by Crippen LogP contribution is -2.30. The first-order valence-corrected chi connectivity index (χ1v) is 7.12. The highest BCUT2D eigenvalue weighted by Gasteiger charge is 2.24. The molecule has 116 valence electrons. The summed E-state index contributed by atoms with van der Waals surface area (Å²) in [7, 11) is 3.68. The van der Waals surface area contributed by atoms with Crippen LogP contribution in [0, 0.1) is 5.92 Å². The summed E-state index contributed by atoms with van der Waals surface area (Å²) in [5.41, 5.74) is 1.77. The van der Waals surface area contributed by atoms with E-state index in [1.54, 1.807) is 12.1 Å². The van der Waals surface area contributed by atoms with Crippen molar-refractivity contribution in [2.75, 3.05) is 20.6 Å². The smallest absolute Gasteiger partial charge is 0.304 e. The highest BCUT2D eigenvalue weighted by molar-refractivity contribution is 5.99. The Balaban J connectivity index is 2.95. The molecule has 1 aromatic rings. The van der Waals surface area contributed by atoms with Crippen LogP contribution in [0.5, 0.6) is 0 Å². The maximum Gasteiger partial charge on any atom is 0.304 e. The summed E-state index contributed by atoms with van der Waals surface area (Å²) in [6.07, 6.45) is -0.141. The molecule has 0 saturated heterocycles. The highest BCUT2D eigenvalue weighted by Crippen LogP contribution is 2.23. The topological polar surface area (TPSA) is 57.6 Å². The number of Topliss-reactive ketones (excluding diaryl/α,β-unsaturated/α-hetero) is 1. The van der Waals surface area contributed by atoms with Gasteiger partial charge in [0.2, 0.25) is 0 Å². The molecular weight excluding hydrogens is 266 g/mol. The summed E-state index contributed by atoms with van der Waals surface area (Å²) < 4.78 is 0. The minimum atomic E-state index is -0.943. The van der Waals surface area contributed by atoms with Gasteiger partial charge in [0.1, 0.15) is 0 Å². The quantitative estimate of drug-likeness (QED) is 0.819. The van der Waals surface area contributed by atoms with Crippen LogP contribution >= 0.6 is 0 Å². The Morgan fingerprint density at radius 3 is 2.05 bits per heavy atom. The average molecular weight is 291 g/mol. The Bertz CT molecular complexity index is 498. The molecule has 21 heavy (non-hydrogen) atoms. The van der Waals surface area contributed by atoms with E-state index in [9.17, 15) is 9.59 Å². The molecular formula is C17H25NO3. The number of ketones is 1. The lowest BCUT2D eigenvalue weighted by molar-refractivity contribution is -0.137. The lowest BCUT2D eigenvalue weighted by atomic mass is 9.85. The number of hydrogen-bond acceptors (Lipinski definition) is 3. The van der Waals surface area contributed by atoms with Crippen molar-refractivity contribution in [1.29, 1.82) is 0 Å². The third-order valence-corrected chi connectivity index (χ3v) is 3.41. The molecule has 0 aliphatic rings. The number of rotatable bonds is 6. The minimum absolute atomic E-state index is 0.0334. The van der Waals surface area contributed by atoms with E-state index in [2.05, 4.69) is 20.8 Å². The predicted octanol–water partition coefficient (Wildman–Crippen LogP) is 2.82. The summed E-state index contributed by atoms with van der Waals surface area (Å²) >= 11 is 0. The molecule has 1 unspecified atom stereocenters. The number of nitrogens with zero attached hydrogens (tertiary/aromatic N) is 1. The number of hydrogen-bond donors (Lipinski definition) is 1. The fraction of sp³-hybridized carbons (Fsp3) is 0.529. The third-order valence-electron chi connectivity index (χ3n) is 3.41. The van der Waals surface area contributed by atoms with E-state index in [-0.39, 0.29) is 17.6 Å². The van der Waals surface area contributed by atoms with Gasteiger partial charge >= 0.3 is 5.97 Å². The average Bonchev–Trinajstić information content (AvgIpc) is 2.35. The van der Waals surface area contributed by atoms with Gasteiger partial charge in [-0.1, -0.05) is 45.0 Å². The molecule has 1 N–H and O–H groups in total. The first-order chi connectivity index (χ1) is 9.61. The molecule has 0 aliphatic heterocycles. The Morgan fingerprint density at radius 2 is 1.67 bits per heavy atom. The Hall–Kier alpha value is -1.68. The van der Waals surface area contributed by atoms with Crippen LogP contribution in [0.15, 0.2) is 24.3 Å². The third kappa shape index (κ3) is 5.31.